The van der Waals surface area contributed by atoms with Crippen LogP contribution < -0.4 is 9.47 Å². The van der Waals surface area contributed by atoms with Gasteiger partial charge < -0.3 is 9.47 Å². The van der Waals surface area contributed by atoms with E-state index in [0.29, 0.717) is 13.2 Å². The van der Waals surface area contributed by atoms with Gasteiger partial charge in [-0.25, -0.2) is 4.79 Å². The van der Waals surface area contributed by atoms with Gasteiger partial charge in [0.05, 0.1) is 10.0 Å². The molecule has 0 atom stereocenters. The molecule has 0 saturated heterocycles. The Morgan fingerprint density at radius 3 is 2.60 bits per heavy atom. The van der Waals surface area contributed by atoms with E-state index in [1.54, 1.807) is 6.08 Å². The third kappa shape index (κ3) is 1.97. The quantitative estimate of drug-likeness (QED) is 0.626. The predicted molar refractivity (Wildman–Crippen MR) is 78.2 cm³/mol. The first-order valence-corrected chi connectivity index (χ1v) is 7.71. The van der Waals surface area contributed by atoms with Crippen molar-refractivity contribution in [1.29, 1.82) is 0 Å². The van der Waals surface area contributed by atoms with Crippen molar-refractivity contribution in [3.63, 3.8) is 0 Å². The van der Waals surface area contributed by atoms with Crippen molar-refractivity contribution >= 4 is 22.0 Å². The highest BCUT2D eigenvalue weighted by molar-refractivity contribution is 9.10. The number of rotatable bonds is 3. The van der Waals surface area contributed by atoms with Gasteiger partial charge in [0, 0.05) is 5.56 Å². The number of hydrogen-bond acceptors (Lipinski definition) is 4. The van der Waals surface area contributed by atoms with Gasteiger partial charge in [-0.05, 0) is 53.2 Å². The Labute approximate surface area is 126 Å². The molecular weight excluding hydrogens is 322 g/mol. The fraction of sp³-hybridized carbons (Fsp3) is 0.533. The van der Waals surface area contributed by atoms with Crippen LogP contribution in [0, 0.1) is 0 Å². The van der Waals surface area contributed by atoms with Crippen LogP contribution in [0.5, 0.6) is 11.5 Å². The van der Waals surface area contributed by atoms with Crippen molar-refractivity contribution in [3.8, 4) is 11.5 Å². The second-order valence-electron chi connectivity index (χ2n) is 5.18. The molecule has 4 nitrogen and oxygen atoms in total. The molecule has 1 heterocycles. The molecule has 0 bridgehead atoms. The average molecular weight is 338 g/mol. The lowest BCUT2D eigenvalue weighted by Gasteiger charge is -2.39. The molecule has 0 spiro atoms. The smallest absolute Gasteiger partial charge is 0.235 e. The molecule has 1 aromatic rings. The summed E-state index contributed by atoms with van der Waals surface area (Å²) >= 11 is 3.55. The minimum absolute atomic E-state index is 0.411. The molecule has 0 N–H and O–H groups in total. The molecule has 1 aliphatic heterocycles. The number of benzene rings is 1. The molecule has 1 fully saturated rings. The summed E-state index contributed by atoms with van der Waals surface area (Å²) in [4.78, 5) is 14.9. The van der Waals surface area contributed by atoms with Crippen LogP contribution in [0.1, 0.15) is 37.3 Å². The van der Waals surface area contributed by atoms with E-state index >= 15 is 0 Å². The van der Waals surface area contributed by atoms with Crippen molar-refractivity contribution in [2.24, 2.45) is 4.99 Å². The maximum atomic E-state index is 10.8. The largest absolute Gasteiger partial charge is 0.486 e. The van der Waals surface area contributed by atoms with E-state index in [9.17, 15) is 4.79 Å². The number of nitrogens with zero attached hydrogens (tertiary/aromatic N) is 1. The Morgan fingerprint density at radius 1 is 1.35 bits per heavy atom. The first-order valence-electron chi connectivity index (χ1n) is 6.92. The molecule has 5 heteroatoms. The third-order valence-corrected chi connectivity index (χ3v) is 4.75. The molecule has 0 unspecified atom stereocenters. The standard InChI is InChI=1S/C15H16BrNO3/c1-2-10-11(15(17-9-18)4-3-5-15)8-12(16)14-13(10)19-6-7-20-14/h8H,2-7H2,1H3. The van der Waals surface area contributed by atoms with E-state index in [1.165, 1.54) is 0 Å². The molecular formula is C15H16BrNO3. The number of ether oxygens (including phenoxy) is 2. The monoisotopic (exact) mass is 337 g/mol. The summed E-state index contributed by atoms with van der Waals surface area (Å²) in [5.74, 6) is 1.57. The molecule has 0 aromatic heterocycles. The topological polar surface area (TPSA) is 47.9 Å². The van der Waals surface area contributed by atoms with Gasteiger partial charge in [0.25, 0.3) is 0 Å². The van der Waals surface area contributed by atoms with E-state index in [4.69, 9.17) is 9.47 Å². The lowest BCUT2D eigenvalue weighted by atomic mass is 9.70. The Morgan fingerprint density at radius 2 is 2.05 bits per heavy atom. The highest BCUT2D eigenvalue weighted by atomic mass is 79.9. The molecule has 0 amide bonds. The van der Waals surface area contributed by atoms with Crippen LogP contribution in [0.15, 0.2) is 15.5 Å². The molecule has 106 valence electrons. The summed E-state index contributed by atoms with van der Waals surface area (Å²) in [6.45, 7) is 3.20. The van der Waals surface area contributed by atoms with Crippen LogP contribution in [0.4, 0.5) is 0 Å². The molecule has 2 aliphatic rings. The first kappa shape index (κ1) is 13.7. The second kappa shape index (κ2) is 5.23. The van der Waals surface area contributed by atoms with Crippen LogP contribution in [-0.4, -0.2) is 19.3 Å². The fourth-order valence-electron chi connectivity index (χ4n) is 3.03. The zero-order chi connectivity index (χ0) is 14.2. The van der Waals surface area contributed by atoms with Crippen LogP contribution in [0.25, 0.3) is 0 Å². The normalized spacial score (nSPS) is 18.9. The number of hydrogen-bond donors (Lipinski definition) is 0. The van der Waals surface area contributed by atoms with Crippen molar-refractivity contribution in [2.75, 3.05) is 13.2 Å². The minimum Gasteiger partial charge on any atom is -0.486 e. The molecule has 1 aromatic carbocycles. The number of isocyanates is 1. The van der Waals surface area contributed by atoms with E-state index in [2.05, 4.69) is 27.8 Å². The molecule has 3 rings (SSSR count). The molecule has 1 aliphatic carbocycles. The number of aliphatic imine (C=N–C) groups is 1. The van der Waals surface area contributed by atoms with E-state index in [1.807, 2.05) is 6.07 Å². The van der Waals surface area contributed by atoms with Crippen molar-refractivity contribution in [1.82, 2.24) is 0 Å². The van der Waals surface area contributed by atoms with Crippen LogP contribution in [-0.2, 0) is 16.8 Å². The lowest BCUT2D eigenvalue weighted by molar-refractivity contribution is 0.167. The summed E-state index contributed by atoms with van der Waals surface area (Å²) in [5, 5.41) is 0. The summed E-state index contributed by atoms with van der Waals surface area (Å²) in [6.07, 6.45) is 5.44. The van der Waals surface area contributed by atoms with Gasteiger partial charge in [-0.3, -0.25) is 0 Å². The SMILES string of the molecule is CCc1c(C2(N=C=O)CCC2)cc(Br)c2c1OCCO2. The summed E-state index contributed by atoms with van der Waals surface area (Å²) in [7, 11) is 0. The zero-order valence-corrected chi connectivity index (χ0v) is 13.0. The summed E-state index contributed by atoms with van der Waals surface area (Å²) in [6, 6.07) is 2.03. The maximum Gasteiger partial charge on any atom is 0.235 e. The van der Waals surface area contributed by atoms with Crippen LogP contribution in [0.3, 0.4) is 0 Å². The summed E-state index contributed by atoms with van der Waals surface area (Å²) in [5.41, 5.74) is 1.76. The Balaban J connectivity index is 2.20. The Bertz CT molecular complexity index is 589. The molecule has 20 heavy (non-hydrogen) atoms. The highest BCUT2D eigenvalue weighted by Crippen LogP contribution is 2.52. The van der Waals surface area contributed by atoms with Gasteiger partial charge in [0.15, 0.2) is 11.5 Å². The van der Waals surface area contributed by atoms with Crippen molar-refractivity contribution in [3.05, 3.63) is 21.7 Å². The van der Waals surface area contributed by atoms with Crippen molar-refractivity contribution < 1.29 is 14.3 Å². The Hall–Kier alpha value is -1.32. The number of halogens is 1. The van der Waals surface area contributed by atoms with E-state index in [0.717, 1.165) is 52.8 Å². The predicted octanol–water partition coefficient (Wildman–Crippen LogP) is 3.50. The van der Waals surface area contributed by atoms with Gasteiger partial charge >= 0.3 is 0 Å². The van der Waals surface area contributed by atoms with E-state index in [-0.39, 0.29) is 0 Å². The Kier molecular flexibility index (Phi) is 3.57. The lowest BCUT2D eigenvalue weighted by Crippen LogP contribution is -2.33. The molecule has 1 saturated carbocycles. The van der Waals surface area contributed by atoms with Crippen LogP contribution >= 0.6 is 15.9 Å². The highest BCUT2D eigenvalue weighted by Gasteiger charge is 2.42. The van der Waals surface area contributed by atoms with Gasteiger partial charge in [0.1, 0.15) is 13.2 Å². The van der Waals surface area contributed by atoms with Gasteiger partial charge in [-0.1, -0.05) is 6.92 Å². The minimum atomic E-state index is -0.411. The van der Waals surface area contributed by atoms with Crippen molar-refractivity contribution in [2.45, 2.75) is 38.1 Å². The third-order valence-electron chi connectivity index (χ3n) is 4.16. The van der Waals surface area contributed by atoms with Gasteiger partial charge in [-0.2, -0.15) is 4.99 Å². The fourth-order valence-corrected chi connectivity index (χ4v) is 3.55. The number of carbonyl (C=O) groups excluding carboxylic acids is 1. The first-order chi connectivity index (χ1) is 9.72. The second-order valence-corrected chi connectivity index (χ2v) is 6.04. The van der Waals surface area contributed by atoms with Crippen LogP contribution in [0.2, 0.25) is 0 Å². The van der Waals surface area contributed by atoms with E-state index < -0.39 is 5.54 Å². The summed E-state index contributed by atoms with van der Waals surface area (Å²) < 4.78 is 12.4. The number of fused-ring (bicyclic) bond motifs is 1. The zero-order valence-electron chi connectivity index (χ0n) is 11.4. The van der Waals surface area contributed by atoms with Gasteiger partial charge in [-0.15, -0.1) is 0 Å². The average Bonchev–Trinajstić information content (AvgIpc) is 2.43. The van der Waals surface area contributed by atoms with Gasteiger partial charge in [0.2, 0.25) is 6.08 Å². The molecule has 0 radical (unpaired) electrons. The maximum absolute atomic E-state index is 10.8.